The first-order valence-corrected chi connectivity index (χ1v) is 13.1. The normalized spacial score (nSPS) is 35.8. The van der Waals surface area contributed by atoms with Gasteiger partial charge in [-0.3, -0.25) is 14.4 Å². The van der Waals surface area contributed by atoms with Crippen LogP contribution in [0.2, 0.25) is 0 Å². The minimum absolute atomic E-state index is 0.0137. The number of hydrogen-bond donors (Lipinski definition) is 1. The van der Waals surface area contributed by atoms with Gasteiger partial charge in [0.05, 0.1) is 16.6 Å². The molecule has 0 aromatic carbocycles. The molecule has 1 spiro atoms. The summed E-state index contributed by atoms with van der Waals surface area (Å²) in [4.78, 5) is 47.3. The van der Waals surface area contributed by atoms with E-state index in [4.69, 9.17) is 0 Å². The van der Waals surface area contributed by atoms with E-state index in [1.54, 1.807) is 16.7 Å². The highest BCUT2D eigenvalue weighted by Gasteiger charge is 2.73. The van der Waals surface area contributed by atoms with Crippen molar-refractivity contribution in [3.8, 4) is 0 Å². The van der Waals surface area contributed by atoms with Crippen molar-refractivity contribution >= 4 is 29.5 Å². The quantitative estimate of drug-likeness (QED) is 0.450. The van der Waals surface area contributed by atoms with E-state index in [2.05, 4.69) is 32.1 Å². The van der Waals surface area contributed by atoms with Gasteiger partial charge in [0.1, 0.15) is 6.04 Å². The summed E-state index contributed by atoms with van der Waals surface area (Å²) in [6.07, 6.45) is 10.3. The molecule has 0 bridgehead atoms. The topological polar surface area (TPSA) is 81.2 Å². The molecular formula is C25H37N3O4S. The zero-order valence-corrected chi connectivity index (χ0v) is 21.0. The van der Waals surface area contributed by atoms with Crippen molar-refractivity contribution in [3.05, 3.63) is 24.3 Å². The number of thioether (sulfide) groups is 1. The van der Waals surface area contributed by atoms with Crippen molar-refractivity contribution in [2.24, 2.45) is 11.8 Å². The van der Waals surface area contributed by atoms with Crippen molar-refractivity contribution < 1.29 is 19.5 Å². The molecule has 0 saturated carbocycles. The highest BCUT2D eigenvalue weighted by molar-refractivity contribution is 8.02. The van der Waals surface area contributed by atoms with Gasteiger partial charge in [-0.15, -0.1) is 11.8 Å². The minimum atomic E-state index is -0.772. The lowest BCUT2D eigenvalue weighted by molar-refractivity contribution is -0.145. The van der Waals surface area contributed by atoms with Gasteiger partial charge in [-0.05, 0) is 40.0 Å². The summed E-state index contributed by atoms with van der Waals surface area (Å²) in [7, 11) is 0. The number of carbonyl (C=O) groups excluding carboxylic acids is 3. The van der Waals surface area contributed by atoms with Gasteiger partial charge in [-0.2, -0.15) is 0 Å². The number of likely N-dealkylation sites (tertiary alicyclic amines) is 1. The van der Waals surface area contributed by atoms with Crippen molar-refractivity contribution in [2.45, 2.75) is 68.5 Å². The van der Waals surface area contributed by atoms with E-state index in [1.807, 2.05) is 29.7 Å². The van der Waals surface area contributed by atoms with Crippen molar-refractivity contribution in [1.29, 1.82) is 0 Å². The predicted octanol–water partition coefficient (Wildman–Crippen LogP) is 2.06. The Morgan fingerprint density at radius 1 is 1.03 bits per heavy atom. The standard InChI is InChI=1S/C25H37N3O4S/c1-5-12-26-13-8-10-24(4)18(21(26)30)19-22(31)28(14-6-7-16-29)20-23(32)27(17(2)3)15-9-11-25(19,20)33-24/h8-11,17-20,29H,5-7,12-16H2,1-4H3/t18-,19+,20?,24+,25+/m1/s1. The summed E-state index contributed by atoms with van der Waals surface area (Å²) >= 11 is 1.63. The monoisotopic (exact) mass is 475 g/mol. The molecule has 4 aliphatic rings. The summed E-state index contributed by atoms with van der Waals surface area (Å²) in [5.74, 6) is -1.19. The van der Waals surface area contributed by atoms with Crippen LogP contribution in [0.1, 0.15) is 47.0 Å². The number of unbranched alkanes of at least 4 members (excludes halogenated alkanes) is 1. The second kappa shape index (κ2) is 9.10. The fourth-order valence-corrected chi connectivity index (χ4v) is 8.32. The maximum absolute atomic E-state index is 14.0. The van der Waals surface area contributed by atoms with E-state index >= 15 is 0 Å². The molecule has 0 aliphatic carbocycles. The molecule has 182 valence electrons. The van der Waals surface area contributed by atoms with Crippen LogP contribution in [0.5, 0.6) is 0 Å². The fourth-order valence-electron chi connectivity index (χ4n) is 6.16. The zero-order chi connectivity index (χ0) is 24.0. The molecule has 1 N–H and O–H groups in total. The van der Waals surface area contributed by atoms with Crippen LogP contribution in [-0.4, -0.2) is 91.9 Å². The molecule has 33 heavy (non-hydrogen) atoms. The Balaban J connectivity index is 1.82. The lowest BCUT2D eigenvalue weighted by Gasteiger charge is -2.37. The minimum Gasteiger partial charge on any atom is -0.396 e. The molecule has 5 atom stereocenters. The van der Waals surface area contributed by atoms with Gasteiger partial charge >= 0.3 is 0 Å². The van der Waals surface area contributed by atoms with Crippen LogP contribution in [-0.2, 0) is 14.4 Å². The zero-order valence-electron chi connectivity index (χ0n) is 20.2. The summed E-state index contributed by atoms with van der Waals surface area (Å²) in [5.41, 5.74) is 0. The highest BCUT2D eigenvalue weighted by atomic mass is 32.2. The third-order valence-electron chi connectivity index (χ3n) is 7.60. The van der Waals surface area contributed by atoms with Gasteiger partial charge in [0, 0.05) is 43.6 Å². The molecule has 1 unspecified atom stereocenters. The molecule has 4 heterocycles. The number of carbonyl (C=O) groups is 3. The average Bonchev–Trinajstić information content (AvgIpc) is 3.02. The number of fused-ring (bicyclic) bond motifs is 2. The van der Waals surface area contributed by atoms with E-state index in [1.165, 1.54) is 0 Å². The Bertz CT molecular complexity index is 874. The van der Waals surface area contributed by atoms with Crippen molar-refractivity contribution in [2.75, 3.05) is 32.8 Å². The Morgan fingerprint density at radius 3 is 2.42 bits per heavy atom. The Kier molecular flexibility index (Phi) is 6.71. The number of hydrogen-bond acceptors (Lipinski definition) is 5. The van der Waals surface area contributed by atoms with Gasteiger partial charge in [-0.25, -0.2) is 0 Å². The molecule has 0 radical (unpaired) electrons. The van der Waals surface area contributed by atoms with Crippen LogP contribution < -0.4 is 0 Å². The molecular weight excluding hydrogens is 438 g/mol. The second-order valence-electron chi connectivity index (χ2n) is 10.1. The maximum atomic E-state index is 14.0. The van der Waals surface area contributed by atoms with E-state index in [0.717, 1.165) is 6.42 Å². The van der Waals surface area contributed by atoms with Crippen LogP contribution in [0.4, 0.5) is 0 Å². The molecule has 2 fully saturated rings. The smallest absolute Gasteiger partial charge is 0.247 e. The Hall–Kier alpha value is -1.80. The molecule has 0 aromatic rings. The number of aliphatic hydroxyl groups is 1. The van der Waals surface area contributed by atoms with Crippen molar-refractivity contribution in [1.82, 2.24) is 14.7 Å². The van der Waals surface area contributed by atoms with Gasteiger partial charge < -0.3 is 19.8 Å². The van der Waals surface area contributed by atoms with Gasteiger partial charge in [-0.1, -0.05) is 31.2 Å². The van der Waals surface area contributed by atoms with Gasteiger partial charge in [0.15, 0.2) is 0 Å². The molecule has 8 heteroatoms. The third-order valence-corrected chi connectivity index (χ3v) is 9.39. The largest absolute Gasteiger partial charge is 0.396 e. The average molecular weight is 476 g/mol. The molecule has 7 nitrogen and oxygen atoms in total. The molecule has 4 aliphatic heterocycles. The summed E-state index contributed by atoms with van der Waals surface area (Å²) in [6.45, 7) is 10.3. The van der Waals surface area contributed by atoms with E-state index in [-0.39, 0.29) is 30.4 Å². The number of nitrogens with zero attached hydrogens (tertiary/aromatic N) is 3. The van der Waals surface area contributed by atoms with Crippen LogP contribution >= 0.6 is 11.8 Å². The Morgan fingerprint density at radius 2 is 1.76 bits per heavy atom. The first-order valence-electron chi connectivity index (χ1n) is 12.3. The Labute approximate surface area is 201 Å². The van der Waals surface area contributed by atoms with Crippen LogP contribution in [0.25, 0.3) is 0 Å². The molecule has 3 amide bonds. The number of rotatable bonds is 7. The van der Waals surface area contributed by atoms with Crippen molar-refractivity contribution in [3.63, 3.8) is 0 Å². The van der Waals surface area contributed by atoms with E-state index in [9.17, 15) is 19.5 Å². The van der Waals surface area contributed by atoms with E-state index < -0.39 is 27.4 Å². The fraction of sp³-hybridized carbons (Fsp3) is 0.720. The maximum Gasteiger partial charge on any atom is 0.247 e. The molecule has 2 saturated heterocycles. The first-order chi connectivity index (χ1) is 15.7. The summed E-state index contributed by atoms with van der Waals surface area (Å²) in [5, 5.41) is 9.29. The summed E-state index contributed by atoms with van der Waals surface area (Å²) < 4.78 is -1.32. The molecule has 4 rings (SSSR count). The lowest BCUT2D eigenvalue weighted by atomic mass is 9.74. The van der Waals surface area contributed by atoms with E-state index in [0.29, 0.717) is 39.0 Å². The van der Waals surface area contributed by atoms with Crippen LogP contribution in [0, 0.1) is 11.8 Å². The molecule has 0 aromatic heterocycles. The summed E-state index contributed by atoms with van der Waals surface area (Å²) in [6, 6.07) is -0.621. The SMILES string of the molecule is CCCN1CC=C[C@]2(C)S[C@]34C=CCN(C(C)C)C(=O)C3N(CCCCO)C(=O)[C@@H]4[C@@H]2C1=O. The third kappa shape index (κ3) is 3.73. The predicted molar refractivity (Wildman–Crippen MR) is 130 cm³/mol. The van der Waals surface area contributed by atoms with Crippen LogP contribution in [0.3, 0.4) is 0 Å². The number of aliphatic hydroxyl groups excluding tert-OH is 1. The van der Waals surface area contributed by atoms with Gasteiger partial charge in [0.25, 0.3) is 0 Å². The highest BCUT2D eigenvalue weighted by Crippen LogP contribution is 2.65. The van der Waals surface area contributed by atoms with Gasteiger partial charge in [0.2, 0.25) is 17.7 Å². The lowest BCUT2D eigenvalue weighted by Crippen LogP contribution is -2.54. The first kappa shape index (κ1) is 24.3. The second-order valence-corrected chi connectivity index (χ2v) is 11.9. The van der Waals surface area contributed by atoms with Crippen LogP contribution in [0.15, 0.2) is 24.3 Å². The number of amides is 3.